The van der Waals surface area contributed by atoms with Crippen molar-refractivity contribution in [2.75, 3.05) is 6.61 Å². The first kappa shape index (κ1) is 11.7. The van der Waals surface area contributed by atoms with Crippen LogP contribution in [0, 0.1) is 12.3 Å². The van der Waals surface area contributed by atoms with Gasteiger partial charge in [0, 0.05) is 6.07 Å². The second-order valence-corrected chi connectivity index (χ2v) is 3.41. The zero-order valence-corrected chi connectivity index (χ0v) is 9.41. The number of rotatable bonds is 4. The predicted octanol–water partition coefficient (Wildman–Crippen LogP) is 1.58. The zero-order chi connectivity index (χ0) is 13.0. The largest absolute Gasteiger partial charge is 0.477 e. The maximum Gasteiger partial charge on any atom is 0.354 e. The Kier molecular flexibility index (Phi) is 3.30. The number of carbonyl (C=O) groups is 1. The lowest BCUT2D eigenvalue weighted by molar-refractivity contribution is 0.0687. The number of terminal acetylenes is 1. The molecule has 5 nitrogen and oxygen atoms in total. The van der Waals surface area contributed by atoms with E-state index in [9.17, 15) is 4.79 Å². The van der Waals surface area contributed by atoms with Crippen LogP contribution in [-0.4, -0.2) is 27.5 Å². The van der Waals surface area contributed by atoms with Crippen LogP contribution in [0.15, 0.2) is 36.4 Å². The van der Waals surface area contributed by atoms with E-state index in [1.54, 1.807) is 24.3 Å². The molecule has 1 N–H and O–H groups in total. The normalized spacial score (nSPS) is 9.72. The second kappa shape index (κ2) is 5.06. The van der Waals surface area contributed by atoms with E-state index in [-0.39, 0.29) is 18.2 Å². The highest BCUT2D eigenvalue weighted by Crippen LogP contribution is 2.17. The monoisotopic (exact) mass is 242 g/mol. The molecular formula is C13H10N2O3. The minimum absolute atomic E-state index is 0.0215. The van der Waals surface area contributed by atoms with Crippen LogP contribution in [0.25, 0.3) is 5.69 Å². The lowest BCUT2D eigenvalue weighted by atomic mass is 10.3. The Morgan fingerprint density at radius 3 is 2.78 bits per heavy atom. The fourth-order valence-corrected chi connectivity index (χ4v) is 1.46. The summed E-state index contributed by atoms with van der Waals surface area (Å²) >= 11 is 0. The smallest absolute Gasteiger partial charge is 0.354 e. The van der Waals surface area contributed by atoms with Crippen molar-refractivity contribution < 1.29 is 14.6 Å². The summed E-state index contributed by atoms with van der Waals surface area (Å²) in [6.07, 6.45) is 5.07. The van der Waals surface area contributed by atoms with E-state index in [0.717, 1.165) is 0 Å². The molecule has 2 aromatic rings. The number of benzene rings is 1. The number of para-hydroxylation sites is 1. The lowest BCUT2D eigenvalue weighted by Crippen LogP contribution is -2.07. The van der Waals surface area contributed by atoms with Crippen molar-refractivity contribution in [1.29, 1.82) is 0 Å². The molecule has 0 saturated heterocycles. The van der Waals surface area contributed by atoms with Crippen molar-refractivity contribution in [3.8, 4) is 23.9 Å². The molecule has 0 spiro atoms. The number of nitrogens with zero attached hydrogens (tertiary/aromatic N) is 2. The van der Waals surface area contributed by atoms with Gasteiger partial charge >= 0.3 is 5.97 Å². The number of carboxylic acid groups (broad SMARTS) is 1. The molecule has 1 aromatic heterocycles. The molecule has 0 unspecified atom stereocenters. The molecule has 1 heterocycles. The summed E-state index contributed by atoms with van der Waals surface area (Å²) in [7, 11) is 0. The molecule has 0 amide bonds. The van der Waals surface area contributed by atoms with E-state index < -0.39 is 5.97 Å². The third kappa shape index (κ3) is 2.33. The van der Waals surface area contributed by atoms with Gasteiger partial charge in [-0.2, -0.15) is 0 Å². The van der Waals surface area contributed by atoms with Crippen LogP contribution in [0.4, 0.5) is 0 Å². The highest BCUT2D eigenvalue weighted by atomic mass is 16.5. The SMILES string of the molecule is C#CCOc1cc(C(=O)O)n(-c2ccccc2)n1. The number of aromatic carboxylic acids is 1. The molecule has 18 heavy (non-hydrogen) atoms. The van der Waals surface area contributed by atoms with Gasteiger partial charge in [-0.25, -0.2) is 9.48 Å². The van der Waals surface area contributed by atoms with E-state index in [2.05, 4.69) is 11.0 Å². The topological polar surface area (TPSA) is 64.3 Å². The maximum atomic E-state index is 11.1. The molecule has 90 valence electrons. The third-order valence-electron chi connectivity index (χ3n) is 2.21. The minimum atomic E-state index is -1.08. The van der Waals surface area contributed by atoms with Crippen molar-refractivity contribution >= 4 is 5.97 Å². The maximum absolute atomic E-state index is 11.1. The Labute approximate surface area is 104 Å². The molecule has 2 rings (SSSR count). The molecule has 0 atom stereocenters. The van der Waals surface area contributed by atoms with Gasteiger partial charge in [0.25, 0.3) is 0 Å². The van der Waals surface area contributed by atoms with Gasteiger partial charge in [-0.15, -0.1) is 11.5 Å². The fourth-order valence-electron chi connectivity index (χ4n) is 1.46. The molecular weight excluding hydrogens is 232 g/mol. The van der Waals surface area contributed by atoms with E-state index in [0.29, 0.717) is 5.69 Å². The summed E-state index contributed by atoms with van der Waals surface area (Å²) in [6.45, 7) is 0.0465. The van der Waals surface area contributed by atoms with Crippen LogP contribution in [0.2, 0.25) is 0 Å². The van der Waals surface area contributed by atoms with E-state index in [1.807, 2.05) is 6.07 Å². The van der Waals surface area contributed by atoms with Crippen LogP contribution in [0.1, 0.15) is 10.5 Å². The molecule has 0 saturated carbocycles. The zero-order valence-electron chi connectivity index (χ0n) is 9.41. The Morgan fingerprint density at radius 2 is 2.17 bits per heavy atom. The molecule has 0 fully saturated rings. The first-order valence-corrected chi connectivity index (χ1v) is 5.17. The summed E-state index contributed by atoms with van der Waals surface area (Å²) in [4.78, 5) is 11.1. The summed E-state index contributed by atoms with van der Waals surface area (Å²) in [5.74, 6) is 1.40. The summed E-state index contributed by atoms with van der Waals surface area (Å²) in [6, 6.07) is 10.3. The number of hydrogen-bond donors (Lipinski definition) is 1. The number of aromatic nitrogens is 2. The summed E-state index contributed by atoms with van der Waals surface area (Å²) < 4.78 is 6.42. The first-order valence-electron chi connectivity index (χ1n) is 5.17. The highest BCUT2D eigenvalue weighted by molar-refractivity contribution is 5.86. The van der Waals surface area contributed by atoms with Crippen molar-refractivity contribution in [2.24, 2.45) is 0 Å². The van der Waals surface area contributed by atoms with E-state index >= 15 is 0 Å². The van der Waals surface area contributed by atoms with Crippen LogP contribution < -0.4 is 4.74 Å². The lowest BCUT2D eigenvalue weighted by Gasteiger charge is -2.02. The second-order valence-electron chi connectivity index (χ2n) is 3.41. The van der Waals surface area contributed by atoms with Gasteiger partial charge < -0.3 is 9.84 Å². The standard InChI is InChI=1S/C13H10N2O3/c1-2-8-18-12-9-11(13(16)17)15(14-12)10-6-4-3-5-7-10/h1,3-7,9H,8H2,(H,16,17). The quantitative estimate of drug-likeness (QED) is 0.827. The van der Waals surface area contributed by atoms with E-state index in [1.165, 1.54) is 10.7 Å². The average Bonchev–Trinajstić information content (AvgIpc) is 2.82. The molecule has 0 bridgehead atoms. The van der Waals surface area contributed by atoms with Crippen LogP contribution >= 0.6 is 0 Å². The Hall–Kier alpha value is -2.74. The van der Waals surface area contributed by atoms with Gasteiger partial charge in [-0.3, -0.25) is 0 Å². The molecule has 0 aliphatic carbocycles. The molecule has 1 aromatic carbocycles. The van der Waals surface area contributed by atoms with Crippen LogP contribution in [0.5, 0.6) is 5.88 Å². The fraction of sp³-hybridized carbons (Fsp3) is 0.0769. The van der Waals surface area contributed by atoms with Gasteiger partial charge in [0.05, 0.1) is 5.69 Å². The predicted molar refractivity (Wildman–Crippen MR) is 64.9 cm³/mol. The van der Waals surface area contributed by atoms with Gasteiger partial charge in [0.15, 0.2) is 12.3 Å². The molecule has 0 radical (unpaired) electrons. The van der Waals surface area contributed by atoms with Crippen LogP contribution in [-0.2, 0) is 0 Å². The highest BCUT2D eigenvalue weighted by Gasteiger charge is 2.16. The van der Waals surface area contributed by atoms with Gasteiger partial charge in [-0.1, -0.05) is 24.1 Å². The van der Waals surface area contributed by atoms with Crippen LogP contribution in [0.3, 0.4) is 0 Å². The molecule has 0 aliphatic heterocycles. The number of hydrogen-bond acceptors (Lipinski definition) is 3. The molecule has 0 aliphatic rings. The summed E-state index contributed by atoms with van der Waals surface area (Å²) in [5.41, 5.74) is 0.665. The van der Waals surface area contributed by atoms with Crippen molar-refractivity contribution in [3.63, 3.8) is 0 Å². The van der Waals surface area contributed by atoms with Gasteiger partial charge in [-0.05, 0) is 12.1 Å². The Bertz CT molecular complexity index is 596. The number of carboxylic acids is 1. The van der Waals surface area contributed by atoms with Gasteiger partial charge in [0.2, 0.25) is 5.88 Å². The van der Waals surface area contributed by atoms with Gasteiger partial charge in [0.1, 0.15) is 0 Å². The Morgan fingerprint density at radius 1 is 1.44 bits per heavy atom. The van der Waals surface area contributed by atoms with Crippen molar-refractivity contribution in [2.45, 2.75) is 0 Å². The third-order valence-corrected chi connectivity index (χ3v) is 2.21. The summed E-state index contributed by atoms with van der Waals surface area (Å²) in [5, 5.41) is 13.2. The average molecular weight is 242 g/mol. The number of ether oxygens (including phenoxy) is 1. The van der Waals surface area contributed by atoms with Crippen molar-refractivity contribution in [3.05, 3.63) is 42.1 Å². The first-order chi connectivity index (χ1) is 8.72. The van der Waals surface area contributed by atoms with Crippen molar-refractivity contribution in [1.82, 2.24) is 9.78 Å². The molecule has 5 heteroatoms. The Balaban J connectivity index is 2.43. The van der Waals surface area contributed by atoms with E-state index in [4.69, 9.17) is 16.3 Å². The minimum Gasteiger partial charge on any atom is -0.477 e.